The molecule has 0 saturated heterocycles. The number of carbonyl (C=O) groups is 1. The molecule has 0 fully saturated rings. The first-order valence-electron chi connectivity index (χ1n) is 5.54. The summed E-state index contributed by atoms with van der Waals surface area (Å²) >= 11 is 0. The van der Waals surface area contributed by atoms with E-state index < -0.39 is 11.9 Å². The average molecular weight is 236 g/mol. The summed E-state index contributed by atoms with van der Waals surface area (Å²) in [5, 5.41) is 9.07. The number of hydrogen-bond acceptors (Lipinski definition) is 4. The maximum Gasteiger partial charge on any atom is 0.312 e. The van der Waals surface area contributed by atoms with E-state index in [1.54, 1.807) is 6.07 Å². The third-order valence-corrected chi connectivity index (χ3v) is 3.01. The van der Waals surface area contributed by atoms with Gasteiger partial charge >= 0.3 is 5.97 Å². The molecule has 5 heteroatoms. The zero-order valence-corrected chi connectivity index (χ0v) is 9.72. The first-order chi connectivity index (χ1) is 8.13. The topological polar surface area (TPSA) is 75.8 Å². The first-order valence-corrected chi connectivity index (χ1v) is 5.54. The van der Waals surface area contributed by atoms with Gasteiger partial charge in [0.05, 0.1) is 18.2 Å². The Labute approximate surface area is 99.8 Å². The lowest BCUT2D eigenvalue weighted by Crippen LogP contribution is -2.29. The Hall–Kier alpha value is -1.75. The van der Waals surface area contributed by atoms with E-state index in [-0.39, 0.29) is 6.54 Å². The Kier molecular flexibility index (Phi) is 3.19. The molecule has 0 amide bonds. The Morgan fingerprint density at radius 1 is 1.65 bits per heavy atom. The van der Waals surface area contributed by atoms with Crippen molar-refractivity contribution in [3.8, 4) is 5.75 Å². The van der Waals surface area contributed by atoms with E-state index >= 15 is 0 Å². The van der Waals surface area contributed by atoms with Gasteiger partial charge in [0.15, 0.2) is 0 Å². The van der Waals surface area contributed by atoms with Crippen LogP contribution in [0.5, 0.6) is 5.75 Å². The minimum absolute atomic E-state index is 0.0959. The molecule has 1 heterocycles. The van der Waals surface area contributed by atoms with E-state index in [4.69, 9.17) is 15.6 Å². The van der Waals surface area contributed by atoms with Gasteiger partial charge in [-0.05, 0) is 17.7 Å². The summed E-state index contributed by atoms with van der Waals surface area (Å²) in [6.07, 6.45) is 0. The lowest BCUT2D eigenvalue weighted by molar-refractivity contribution is -0.138. The van der Waals surface area contributed by atoms with Crippen molar-refractivity contribution < 1.29 is 14.6 Å². The summed E-state index contributed by atoms with van der Waals surface area (Å²) in [6, 6.07) is 5.43. The van der Waals surface area contributed by atoms with Gasteiger partial charge in [-0.15, -0.1) is 0 Å². The van der Waals surface area contributed by atoms with E-state index in [1.165, 1.54) is 0 Å². The molecule has 17 heavy (non-hydrogen) atoms. The molecule has 0 radical (unpaired) electrons. The van der Waals surface area contributed by atoms with Gasteiger partial charge in [0.25, 0.3) is 0 Å². The van der Waals surface area contributed by atoms with Crippen LogP contribution in [-0.2, 0) is 4.79 Å². The number of nitrogens with zero attached hydrogens (tertiary/aromatic N) is 1. The molecule has 1 atom stereocenters. The molecule has 0 bridgehead atoms. The number of hydrogen-bond donors (Lipinski definition) is 2. The third-order valence-electron chi connectivity index (χ3n) is 3.01. The van der Waals surface area contributed by atoms with Gasteiger partial charge < -0.3 is 20.5 Å². The molecular weight excluding hydrogens is 220 g/mol. The highest BCUT2D eigenvalue weighted by atomic mass is 16.5. The number of carboxylic acids is 1. The van der Waals surface area contributed by atoms with Gasteiger partial charge in [0.2, 0.25) is 0 Å². The minimum atomic E-state index is -0.896. The van der Waals surface area contributed by atoms with E-state index in [9.17, 15) is 4.79 Å². The first kappa shape index (κ1) is 11.7. The second-order valence-corrected chi connectivity index (χ2v) is 4.12. The smallest absolute Gasteiger partial charge is 0.312 e. The zero-order chi connectivity index (χ0) is 12.4. The zero-order valence-electron chi connectivity index (χ0n) is 9.72. The Bertz CT molecular complexity index is 434. The van der Waals surface area contributed by atoms with Gasteiger partial charge in [-0.2, -0.15) is 0 Å². The molecule has 2 rings (SSSR count). The molecule has 1 aliphatic rings. The van der Waals surface area contributed by atoms with Crippen molar-refractivity contribution in [2.75, 3.05) is 31.6 Å². The standard InChI is InChI=1S/C12H16N2O3/c1-14-4-5-17-11-3-2-8(6-10(11)14)9(7-13)12(15)16/h2-3,6,9H,4-5,7,13H2,1H3,(H,15,16). The van der Waals surface area contributed by atoms with Crippen LogP contribution in [0.2, 0.25) is 0 Å². The quantitative estimate of drug-likeness (QED) is 0.805. The summed E-state index contributed by atoms with van der Waals surface area (Å²) in [4.78, 5) is 13.1. The van der Waals surface area contributed by atoms with E-state index in [0.717, 1.165) is 23.5 Å². The van der Waals surface area contributed by atoms with Crippen LogP contribution < -0.4 is 15.4 Å². The molecule has 1 aliphatic heterocycles. The third kappa shape index (κ3) is 2.19. The molecule has 0 spiro atoms. The van der Waals surface area contributed by atoms with Crippen LogP contribution >= 0.6 is 0 Å². The van der Waals surface area contributed by atoms with Gasteiger partial charge in [0, 0.05) is 13.6 Å². The average Bonchev–Trinajstić information content (AvgIpc) is 2.30. The second-order valence-electron chi connectivity index (χ2n) is 4.12. The maximum atomic E-state index is 11.1. The molecule has 92 valence electrons. The number of rotatable bonds is 3. The summed E-state index contributed by atoms with van der Waals surface area (Å²) < 4.78 is 5.50. The number of anilines is 1. The van der Waals surface area contributed by atoms with Crippen LogP contribution in [0, 0.1) is 0 Å². The van der Waals surface area contributed by atoms with Gasteiger partial charge in [0.1, 0.15) is 12.4 Å². The molecule has 0 saturated carbocycles. The molecule has 0 aromatic heterocycles. The van der Waals surface area contributed by atoms with E-state index in [1.807, 2.05) is 19.2 Å². The highest BCUT2D eigenvalue weighted by Crippen LogP contribution is 2.33. The lowest BCUT2D eigenvalue weighted by Gasteiger charge is -2.28. The SMILES string of the molecule is CN1CCOc2ccc(C(CN)C(=O)O)cc21. The Morgan fingerprint density at radius 3 is 3.06 bits per heavy atom. The largest absolute Gasteiger partial charge is 0.490 e. The number of ether oxygens (including phenoxy) is 1. The van der Waals surface area contributed by atoms with Crippen molar-refractivity contribution in [1.29, 1.82) is 0 Å². The highest BCUT2D eigenvalue weighted by Gasteiger charge is 2.21. The monoisotopic (exact) mass is 236 g/mol. The summed E-state index contributed by atoms with van der Waals surface area (Å²) in [5.74, 6) is -0.758. The Balaban J connectivity index is 2.37. The Morgan fingerprint density at radius 2 is 2.41 bits per heavy atom. The maximum absolute atomic E-state index is 11.1. The molecular formula is C12H16N2O3. The van der Waals surface area contributed by atoms with Crippen LogP contribution in [0.25, 0.3) is 0 Å². The summed E-state index contributed by atoms with van der Waals surface area (Å²) in [6.45, 7) is 1.55. The molecule has 1 unspecified atom stereocenters. The number of likely N-dealkylation sites (N-methyl/N-ethyl adjacent to an activating group) is 1. The van der Waals surface area contributed by atoms with Gasteiger partial charge in [-0.3, -0.25) is 4.79 Å². The lowest BCUT2D eigenvalue weighted by atomic mass is 9.98. The predicted octanol–water partition coefficient (Wildman–Crippen LogP) is 0.642. The minimum Gasteiger partial charge on any atom is -0.490 e. The van der Waals surface area contributed by atoms with Crippen molar-refractivity contribution in [1.82, 2.24) is 0 Å². The molecule has 0 aliphatic carbocycles. The summed E-state index contributed by atoms with van der Waals surface area (Å²) in [7, 11) is 1.96. The number of benzene rings is 1. The van der Waals surface area contributed by atoms with Crippen LogP contribution in [0.4, 0.5) is 5.69 Å². The normalized spacial score (nSPS) is 16.0. The predicted molar refractivity (Wildman–Crippen MR) is 64.6 cm³/mol. The van der Waals surface area contributed by atoms with Crippen molar-refractivity contribution in [2.45, 2.75) is 5.92 Å². The molecule has 5 nitrogen and oxygen atoms in total. The second kappa shape index (κ2) is 4.63. The summed E-state index contributed by atoms with van der Waals surface area (Å²) in [5.41, 5.74) is 7.13. The van der Waals surface area contributed by atoms with Crippen molar-refractivity contribution >= 4 is 11.7 Å². The van der Waals surface area contributed by atoms with Gasteiger partial charge in [-0.1, -0.05) is 6.07 Å². The van der Waals surface area contributed by atoms with Crippen LogP contribution in [0.15, 0.2) is 18.2 Å². The van der Waals surface area contributed by atoms with Crippen molar-refractivity contribution in [3.05, 3.63) is 23.8 Å². The number of aliphatic carboxylic acids is 1. The van der Waals surface area contributed by atoms with Crippen molar-refractivity contribution in [3.63, 3.8) is 0 Å². The fourth-order valence-corrected chi connectivity index (χ4v) is 1.96. The molecule has 1 aromatic rings. The highest BCUT2D eigenvalue weighted by molar-refractivity contribution is 5.77. The number of nitrogens with two attached hydrogens (primary N) is 1. The van der Waals surface area contributed by atoms with Crippen molar-refractivity contribution in [2.24, 2.45) is 5.73 Å². The fourth-order valence-electron chi connectivity index (χ4n) is 1.96. The molecule has 3 N–H and O–H groups in total. The van der Waals surface area contributed by atoms with E-state index in [2.05, 4.69) is 4.90 Å². The van der Waals surface area contributed by atoms with Gasteiger partial charge in [-0.25, -0.2) is 0 Å². The van der Waals surface area contributed by atoms with E-state index in [0.29, 0.717) is 6.61 Å². The number of fused-ring (bicyclic) bond motifs is 1. The number of carboxylic acid groups (broad SMARTS) is 1. The van der Waals surface area contributed by atoms with Crippen LogP contribution in [0.1, 0.15) is 11.5 Å². The van der Waals surface area contributed by atoms with Crippen LogP contribution in [0.3, 0.4) is 0 Å². The fraction of sp³-hybridized carbons (Fsp3) is 0.417. The molecule has 1 aromatic carbocycles. The van der Waals surface area contributed by atoms with Crippen LogP contribution in [-0.4, -0.2) is 37.8 Å².